The van der Waals surface area contributed by atoms with Crippen LogP contribution in [-0.2, 0) is 31.8 Å². The number of ether oxygens (including phenoxy) is 2. The maximum atomic E-state index is 7.69. The van der Waals surface area contributed by atoms with Crippen molar-refractivity contribution >= 4 is 73.7 Å². The van der Waals surface area contributed by atoms with Crippen LogP contribution in [0.15, 0.2) is 156 Å². The van der Waals surface area contributed by atoms with E-state index in [4.69, 9.17) is 13.9 Å². The molecule has 4 aliphatic heterocycles. The fourth-order valence-electron chi connectivity index (χ4n) is 15.2. The summed E-state index contributed by atoms with van der Waals surface area (Å²) in [6.45, 7) is 35.4. The van der Waals surface area contributed by atoms with E-state index in [0.717, 1.165) is 76.1 Å². The number of hydrogen-bond acceptors (Lipinski definition) is 5. The van der Waals surface area contributed by atoms with Crippen LogP contribution in [0, 0.1) is 6.92 Å². The Labute approximate surface area is 488 Å². The van der Waals surface area contributed by atoms with Gasteiger partial charge in [0.15, 0.2) is 0 Å². The molecule has 5 heterocycles. The molecule has 416 valence electrons. The average Bonchev–Trinajstić information content (AvgIpc) is 1.14. The predicted octanol–water partition coefficient (Wildman–Crippen LogP) is 19.2. The molecule has 7 aromatic carbocycles. The summed E-state index contributed by atoms with van der Waals surface area (Å²) in [5.74, 6) is 1.70. The van der Waals surface area contributed by atoms with E-state index in [9.17, 15) is 0 Å². The number of fused-ring (bicyclic) bond motifs is 12. The molecule has 5 nitrogen and oxygen atoms in total. The number of anilines is 5. The highest BCUT2D eigenvalue weighted by molar-refractivity contribution is 6.95. The minimum absolute atomic E-state index is 0.0194. The Hall–Kier alpha value is -7.18. The molecule has 4 unspecified atom stereocenters. The number of hydrogen-bond donors (Lipinski definition) is 0. The van der Waals surface area contributed by atoms with Crippen molar-refractivity contribution in [2.24, 2.45) is 0 Å². The van der Waals surface area contributed by atoms with Crippen LogP contribution < -0.4 is 25.5 Å². The Bertz CT molecular complexity index is 4070. The van der Waals surface area contributed by atoms with Gasteiger partial charge in [0.2, 0.25) is 0 Å². The van der Waals surface area contributed by atoms with Gasteiger partial charge in [-0.15, -0.1) is 0 Å². The van der Waals surface area contributed by atoms with Crippen molar-refractivity contribution in [1.82, 2.24) is 0 Å². The molecule has 0 radical (unpaired) electrons. The number of benzene rings is 7. The van der Waals surface area contributed by atoms with Crippen molar-refractivity contribution in [3.63, 3.8) is 0 Å². The molecule has 0 spiro atoms. The Kier molecular flexibility index (Phi) is 11.7. The van der Waals surface area contributed by atoms with Crippen molar-refractivity contribution in [1.29, 1.82) is 0 Å². The van der Waals surface area contributed by atoms with Gasteiger partial charge < -0.3 is 23.7 Å². The molecule has 0 bridgehead atoms. The van der Waals surface area contributed by atoms with Crippen LogP contribution >= 0.6 is 0 Å². The summed E-state index contributed by atoms with van der Waals surface area (Å²) in [4.78, 5) is 5.23. The minimum atomic E-state index is -0.178. The third-order valence-electron chi connectivity index (χ3n) is 20.2. The summed E-state index contributed by atoms with van der Waals surface area (Å²) in [7, 11) is 0. The van der Waals surface area contributed by atoms with Crippen molar-refractivity contribution in [2.75, 3.05) is 9.80 Å². The van der Waals surface area contributed by atoms with E-state index in [1.165, 1.54) is 83.6 Å². The molecule has 1 aromatic heterocycles. The summed E-state index contributed by atoms with van der Waals surface area (Å²) >= 11 is 0. The van der Waals surface area contributed by atoms with Crippen LogP contribution in [0.4, 0.5) is 28.4 Å². The lowest BCUT2D eigenvalue weighted by Crippen LogP contribution is -2.57. The molecule has 14 rings (SSSR count). The first kappa shape index (κ1) is 52.9. The molecule has 0 N–H and O–H groups in total. The molecule has 2 aliphatic carbocycles. The smallest absolute Gasteiger partial charge is 0.296 e. The second-order valence-corrected chi connectivity index (χ2v) is 29.3. The summed E-state index contributed by atoms with van der Waals surface area (Å²) in [6, 6.07) is 47.1. The number of nitrogens with zero attached hydrogens (tertiary/aromatic N) is 2. The van der Waals surface area contributed by atoms with Gasteiger partial charge in [0.05, 0.1) is 22.4 Å². The molecule has 8 aromatic rings. The first-order chi connectivity index (χ1) is 38.9. The highest BCUT2D eigenvalue weighted by Gasteiger charge is 2.51. The molecule has 82 heavy (non-hydrogen) atoms. The van der Waals surface area contributed by atoms with E-state index < -0.39 is 0 Å². The van der Waals surface area contributed by atoms with Crippen LogP contribution in [-0.4, -0.2) is 12.8 Å². The second-order valence-electron chi connectivity index (χ2n) is 29.3. The average molecular weight is 1080 g/mol. The first-order valence-corrected chi connectivity index (χ1v) is 30.6. The topological polar surface area (TPSA) is 38.1 Å². The third kappa shape index (κ3) is 8.07. The number of aryl methyl sites for hydroxylation is 1. The fraction of sp³-hybridized carbons (Fsp3) is 0.368. The Balaban J connectivity index is 0.974. The Morgan fingerprint density at radius 2 is 1.37 bits per heavy atom. The first-order valence-electron chi connectivity index (χ1n) is 30.6. The van der Waals surface area contributed by atoms with Gasteiger partial charge in [0.25, 0.3) is 6.71 Å². The molecule has 0 amide bonds. The van der Waals surface area contributed by atoms with Crippen molar-refractivity contribution in [3.8, 4) is 5.75 Å². The van der Waals surface area contributed by atoms with E-state index in [2.05, 4.69) is 259 Å². The van der Waals surface area contributed by atoms with E-state index in [1.807, 2.05) is 0 Å². The van der Waals surface area contributed by atoms with Crippen LogP contribution in [0.25, 0.3) is 27.6 Å². The number of allylic oxidation sites excluding steroid dienone is 2. The molecule has 0 saturated heterocycles. The third-order valence-corrected chi connectivity index (χ3v) is 20.2. The van der Waals surface area contributed by atoms with Gasteiger partial charge in [-0.25, -0.2) is 0 Å². The van der Waals surface area contributed by atoms with Gasteiger partial charge in [-0.2, -0.15) is 0 Å². The van der Waals surface area contributed by atoms with Crippen LogP contribution in [0.5, 0.6) is 5.75 Å². The Morgan fingerprint density at radius 3 is 2.10 bits per heavy atom. The lowest BCUT2D eigenvalue weighted by atomic mass is 9.34. The van der Waals surface area contributed by atoms with Crippen molar-refractivity contribution < 1.29 is 13.9 Å². The van der Waals surface area contributed by atoms with Gasteiger partial charge in [0.1, 0.15) is 29.1 Å². The molecule has 0 saturated carbocycles. The molecular formula is C76H81BN2O3. The zero-order valence-electron chi connectivity index (χ0n) is 51.2. The SMILES string of the molecule is Cc1cc2c3c(c1)N(c1ccc(C(C)(C)C)c4oc5ccccc5c14)c1cc4c(cc1B3C1=C(c3cc(C(C)(C)C)ccc3C(C)O1)N2c1ccc(C(C)(C)CCC(C)c2cccc3c2C2C=CC=CC2O3)cc1)C(C)(C)CCC4(C)C. The lowest BCUT2D eigenvalue weighted by Gasteiger charge is -2.49. The maximum absolute atomic E-state index is 7.69. The molecule has 6 aliphatic rings. The van der Waals surface area contributed by atoms with Gasteiger partial charge in [0, 0.05) is 56.3 Å². The predicted molar refractivity (Wildman–Crippen MR) is 345 cm³/mol. The van der Waals surface area contributed by atoms with Crippen molar-refractivity contribution in [2.45, 2.75) is 181 Å². The number of para-hydroxylation sites is 1. The quantitative estimate of drug-likeness (QED) is 0.149. The lowest BCUT2D eigenvalue weighted by molar-refractivity contribution is 0.147. The summed E-state index contributed by atoms with van der Waals surface area (Å²) in [5.41, 5.74) is 25.4. The van der Waals surface area contributed by atoms with E-state index in [0.29, 0.717) is 5.92 Å². The normalized spacial score (nSPS) is 20.4. The zero-order valence-corrected chi connectivity index (χ0v) is 51.2. The molecule has 0 fully saturated rings. The number of furan rings is 1. The largest absolute Gasteiger partial charge is 0.497 e. The molecule has 4 atom stereocenters. The fourth-order valence-corrected chi connectivity index (χ4v) is 15.2. The van der Waals surface area contributed by atoms with E-state index in [-0.39, 0.29) is 51.9 Å². The van der Waals surface area contributed by atoms with Gasteiger partial charge in [-0.1, -0.05) is 175 Å². The summed E-state index contributed by atoms with van der Waals surface area (Å²) < 4.78 is 21.2. The maximum Gasteiger partial charge on any atom is 0.296 e. The highest BCUT2D eigenvalue weighted by Crippen LogP contribution is 2.56. The number of rotatable bonds is 7. The summed E-state index contributed by atoms with van der Waals surface area (Å²) in [6.07, 6.45) is 13.1. The van der Waals surface area contributed by atoms with E-state index in [1.54, 1.807) is 0 Å². The zero-order chi connectivity index (χ0) is 57.3. The van der Waals surface area contributed by atoms with Crippen LogP contribution in [0.3, 0.4) is 0 Å². The van der Waals surface area contributed by atoms with Gasteiger partial charge in [-0.05, 0) is 178 Å². The van der Waals surface area contributed by atoms with E-state index >= 15 is 0 Å². The second kappa shape index (κ2) is 18.2. The molecular weight excluding hydrogens is 1000 g/mol. The van der Waals surface area contributed by atoms with Gasteiger partial charge in [-0.3, -0.25) is 0 Å². The van der Waals surface area contributed by atoms with Crippen molar-refractivity contribution in [3.05, 3.63) is 207 Å². The Morgan fingerprint density at radius 1 is 0.671 bits per heavy atom. The summed E-state index contributed by atoms with van der Waals surface area (Å²) in [5, 5.41) is 2.29. The minimum Gasteiger partial charge on any atom is -0.497 e. The highest BCUT2D eigenvalue weighted by atomic mass is 16.5. The van der Waals surface area contributed by atoms with Crippen LogP contribution in [0.2, 0.25) is 0 Å². The van der Waals surface area contributed by atoms with Gasteiger partial charge >= 0.3 is 0 Å². The van der Waals surface area contributed by atoms with Crippen LogP contribution in [0.1, 0.15) is 196 Å². The monoisotopic (exact) mass is 1080 g/mol. The standard InChI is InChI=1S/C76H81BN2O3/c1-44-39-61-68-62(40-44)79(59-34-33-55(73(7,8)9)70-67(59)53-22-17-19-25-64(53)82-70)60-43-57-56(75(12,13)37-38-76(57,14)15)42-58(60)77(68)71-69(54-41-48(72(4,5)6)29-32-51(54)46(3)80-71)78(61)49-30-27-47(28-31-49)74(10,11)36-35-45(2)50-23-20-26-65-66(50)52-21-16-18-24-63(52)81-65/h16-34,39-43,45-46,52,63H,35-38H2,1-15H3. The molecule has 6 heteroatoms.